The minimum Gasteiger partial charge on any atom is -0.377 e. The molecule has 0 saturated carbocycles. The van der Waals surface area contributed by atoms with E-state index in [0.29, 0.717) is 6.10 Å². The van der Waals surface area contributed by atoms with Gasteiger partial charge in [0.1, 0.15) is 0 Å². The lowest BCUT2D eigenvalue weighted by Crippen LogP contribution is -2.29. The molecule has 0 aliphatic carbocycles. The predicted octanol–water partition coefficient (Wildman–Crippen LogP) is 1.80. The number of aromatic nitrogens is 2. The first-order valence-corrected chi connectivity index (χ1v) is 6.66. The number of para-hydroxylation sites is 1. The van der Waals surface area contributed by atoms with Gasteiger partial charge in [-0.1, -0.05) is 18.2 Å². The van der Waals surface area contributed by atoms with Gasteiger partial charge in [0, 0.05) is 25.1 Å². The van der Waals surface area contributed by atoms with Gasteiger partial charge < -0.3 is 10.1 Å². The number of rotatable bonds is 5. The van der Waals surface area contributed by atoms with Crippen molar-refractivity contribution in [1.29, 1.82) is 0 Å². The third-order valence-electron chi connectivity index (χ3n) is 3.45. The van der Waals surface area contributed by atoms with E-state index in [4.69, 9.17) is 4.74 Å². The Morgan fingerprint density at radius 2 is 2.33 bits per heavy atom. The van der Waals surface area contributed by atoms with E-state index in [-0.39, 0.29) is 0 Å². The molecule has 0 amide bonds. The van der Waals surface area contributed by atoms with Crippen LogP contribution in [0.1, 0.15) is 12.8 Å². The largest absolute Gasteiger partial charge is 0.377 e. The van der Waals surface area contributed by atoms with Gasteiger partial charge in [-0.25, -0.2) is 0 Å². The molecule has 4 heteroatoms. The number of ether oxygens (including phenoxy) is 1. The summed E-state index contributed by atoms with van der Waals surface area (Å²) in [4.78, 5) is 0. The summed E-state index contributed by atoms with van der Waals surface area (Å²) in [7, 11) is 0. The Morgan fingerprint density at radius 3 is 3.22 bits per heavy atom. The van der Waals surface area contributed by atoms with Crippen molar-refractivity contribution in [3.05, 3.63) is 30.5 Å². The predicted molar refractivity (Wildman–Crippen MR) is 71.6 cm³/mol. The van der Waals surface area contributed by atoms with Gasteiger partial charge in [0.25, 0.3) is 0 Å². The van der Waals surface area contributed by atoms with Gasteiger partial charge in [0.2, 0.25) is 0 Å². The van der Waals surface area contributed by atoms with Crippen LogP contribution in [0.25, 0.3) is 10.9 Å². The zero-order valence-corrected chi connectivity index (χ0v) is 10.5. The fourth-order valence-electron chi connectivity index (χ4n) is 2.46. The van der Waals surface area contributed by atoms with Crippen molar-refractivity contribution in [3.8, 4) is 0 Å². The molecule has 2 aromatic rings. The van der Waals surface area contributed by atoms with Crippen LogP contribution in [-0.4, -0.2) is 35.6 Å². The molecule has 1 aromatic carbocycles. The van der Waals surface area contributed by atoms with Crippen molar-refractivity contribution in [3.63, 3.8) is 0 Å². The molecule has 2 heterocycles. The molecule has 4 nitrogen and oxygen atoms in total. The van der Waals surface area contributed by atoms with E-state index in [1.165, 1.54) is 23.7 Å². The lowest BCUT2D eigenvalue weighted by atomic mass is 10.2. The van der Waals surface area contributed by atoms with Gasteiger partial charge in [-0.05, 0) is 18.9 Å². The van der Waals surface area contributed by atoms with Crippen molar-refractivity contribution >= 4 is 10.9 Å². The molecule has 1 aromatic heterocycles. The van der Waals surface area contributed by atoms with Gasteiger partial charge in [0.15, 0.2) is 0 Å². The van der Waals surface area contributed by atoms with E-state index in [1.807, 2.05) is 12.3 Å². The van der Waals surface area contributed by atoms with Gasteiger partial charge >= 0.3 is 0 Å². The van der Waals surface area contributed by atoms with Gasteiger partial charge in [0.05, 0.1) is 24.4 Å². The summed E-state index contributed by atoms with van der Waals surface area (Å²) in [5, 5.41) is 9.06. The molecule has 1 atom stereocenters. The summed E-state index contributed by atoms with van der Waals surface area (Å²) < 4.78 is 7.63. The highest BCUT2D eigenvalue weighted by Gasteiger charge is 2.14. The minimum absolute atomic E-state index is 0.416. The van der Waals surface area contributed by atoms with Gasteiger partial charge in [-0.15, -0.1) is 0 Å². The minimum atomic E-state index is 0.416. The Bertz CT molecular complexity index is 502. The Balaban J connectivity index is 1.50. The van der Waals surface area contributed by atoms with Crippen molar-refractivity contribution in [2.45, 2.75) is 25.5 Å². The maximum absolute atomic E-state index is 5.58. The highest BCUT2D eigenvalue weighted by atomic mass is 16.5. The first kappa shape index (κ1) is 11.7. The molecular weight excluding hydrogens is 226 g/mol. The van der Waals surface area contributed by atoms with Crippen LogP contribution < -0.4 is 5.32 Å². The quantitative estimate of drug-likeness (QED) is 0.816. The first-order chi connectivity index (χ1) is 8.93. The highest BCUT2D eigenvalue weighted by molar-refractivity contribution is 5.78. The SMILES string of the molecule is c1ccc2c(c1)cnn2CCNCC1CCCO1. The molecular formula is C14H19N3O. The summed E-state index contributed by atoms with van der Waals surface area (Å²) in [6.07, 6.45) is 4.74. The summed E-state index contributed by atoms with van der Waals surface area (Å²) in [5.74, 6) is 0. The number of hydrogen-bond acceptors (Lipinski definition) is 3. The molecule has 1 unspecified atom stereocenters. The zero-order valence-electron chi connectivity index (χ0n) is 10.5. The lowest BCUT2D eigenvalue weighted by molar-refractivity contribution is 0.110. The Morgan fingerprint density at radius 1 is 1.39 bits per heavy atom. The first-order valence-electron chi connectivity index (χ1n) is 6.66. The molecule has 0 bridgehead atoms. The number of fused-ring (bicyclic) bond motifs is 1. The normalized spacial score (nSPS) is 19.7. The summed E-state index contributed by atoms with van der Waals surface area (Å²) in [6, 6.07) is 8.31. The molecule has 1 saturated heterocycles. The molecule has 0 spiro atoms. The second-order valence-electron chi connectivity index (χ2n) is 4.77. The Hall–Kier alpha value is -1.39. The van der Waals surface area contributed by atoms with Crippen molar-refractivity contribution in [1.82, 2.24) is 15.1 Å². The van der Waals surface area contributed by atoms with E-state index in [2.05, 4.69) is 33.3 Å². The molecule has 1 fully saturated rings. The van der Waals surface area contributed by atoms with E-state index in [1.54, 1.807) is 0 Å². The molecule has 3 rings (SSSR count). The Kier molecular flexibility index (Phi) is 3.57. The summed E-state index contributed by atoms with van der Waals surface area (Å²) in [5.41, 5.74) is 1.21. The topological polar surface area (TPSA) is 39.1 Å². The molecule has 1 N–H and O–H groups in total. The maximum Gasteiger partial charge on any atom is 0.0700 e. The number of hydrogen-bond donors (Lipinski definition) is 1. The molecule has 0 radical (unpaired) electrons. The third-order valence-corrected chi connectivity index (χ3v) is 3.45. The maximum atomic E-state index is 5.58. The number of benzene rings is 1. The third kappa shape index (κ3) is 2.54. The number of nitrogens with one attached hydrogen (secondary N) is 1. The average Bonchev–Trinajstić information content (AvgIpc) is 3.04. The van der Waals surface area contributed by atoms with Gasteiger partial charge in [-0.2, -0.15) is 5.10 Å². The fraction of sp³-hybridized carbons (Fsp3) is 0.500. The smallest absolute Gasteiger partial charge is 0.0700 e. The van der Waals surface area contributed by atoms with E-state index in [0.717, 1.165) is 26.2 Å². The highest BCUT2D eigenvalue weighted by Crippen LogP contribution is 2.12. The second kappa shape index (κ2) is 5.50. The van der Waals surface area contributed by atoms with Crippen molar-refractivity contribution in [2.75, 3.05) is 19.7 Å². The monoisotopic (exact) mass is 245 g/mol. The average molecular weight is 245 g/mol. The van der Waals surface area contributed by atoms with Gasteiger partial charge in [-0.3, -0.25) is 4.68 Å². The molecule has 96 valence electrons. The summed E-state index contributed by atoms with van der Waals surface area (Å²) in [6.45, 7) is 3.72. The molecule has 1 aliphatic rings. The van der Waals surface area contributed by atoms with E-state index < -0.39 is 0 Å². The van der Waals surface area contributed by atoms with Crippen LogP contribution in [0.5, 0.6) is 0 Å². The van der Waals surface area contributed by atoms with Crippen LogP contribution >= 0.6 is 0 Å². The van der Waals surface area contributed by atoms with Crippen LogP contribution in [0.2, 0.25) is 0 Å². The standard InChI is InChI=1S/C14H19N3O/c1-2-6-14-12(4-1)10-16-17(14)8-7-15-11-13-5-3-9-18-13/h1-2,4,6,10,13,15H,3,5,7-9,11H2. The Labute approximate surface area is 107 Å². The summed E-state index contributed by atoms with van der Waals surface area (Å²) >= 11 is 0. The second-order valence-corrected chi connectivity index (χ2v) is 4.77. The van der Waals surface area contributed by atoms with E-state index >= 15 is 0 Å². The van der Waals surface area contributed by atoms with Crippen LogP contribution in [0.15, 0.2) is 30.5 Å². The lowest BCUT2D eigenvalue weighted by Gasteiger charge is -2.10. The van der Waals surface area contributed by atoms with Crippen LogP contribution in [-0.2, 0) is 11.3 Å². The van der Waals surface area contributed by atoms with E-state index in [9.17, 15) is 0 Å². The van der Waals surface area contributed by atoms with Crippen molar-refractivity contribution in [2.24, 2.45) is 0 Å². The molecule has 18 heavy (non-hydrogen) atoms. The van der Waals surface area contributed by atoms with Crippen molar-refractivity contribution < 1.29 is 4.74 Å². The van der Waals surface area contributed by atoms with Crippen LogP contribution in [0, 0.1) is 0 Å². The van der Waals surface area contributed by atoms with Crippen LogP contribution in [0.4, 0.5) is 0 Å². The zero-order chi connectivity index (χ0) is 12.2. The van der Waals surface area contributed by atoms with Crippen LogP contribution in [0.3, 0.4) is 0 Å². The number of nitrogens with zero attached hydrogens (tertiary/aromatic N) is 2. The fourth-order valence-corrected chi connectivity index (χ4v) is 2.46. The molecule has 1 aliphatic heterocycles.